The second-order valence-electron chi connectivity index (χ2n) is 5.46. The molecule has 0 fully saturated rings. The van der Waals surface area contributed by atoms with Crippen molar-refractivity contribution in [2.45, 2.75) is 25.3 Å². The number of benzene rings is 1. The van der Waals surface area contributed by atoms with Crippen molar-refractivity contribution in [2.24, 2.45) is 7.05 Å². The van der Waals surface area contributed by atoms with Gasteiger partial charge in [0.05, 0.1) is 12.3 Å². The number of likely N-dealkylation sites (N-methyl/N-ethyl adjacent to an activating group) is 1. The van der Waals surface area contributed by atoms with E-state index in [1.807, 2.05) is 31.8 Å². The van der Waals surface area contributed by atoms with E-state index in [4.69, 9.17) is 4.74 Å². The monoisotopic (exact) mass is 271 g/mol. The van der Waals surface area contributed by atoms with Gasteiger partial charge in [-0.1, -0.05) is 18.2 Å². The molecule has 4 nitrogen and oxygen atoms in total. The SMILES string of the molecule is CNC(Cc1cc(C)nn1C)C1COc2ccccc21. The Labute approximate surface area is 119 Å². The van der Waals surface area contributed by atoms with Gasteiger partial charge in [-0.3, -0.25) is 4.68 Å². The molecule has 0 radical (unpaired) electrons. The third kappa shape index (κ3) is 2.31. The van der Waals surface area contributed by atoms with E-state index in [1.54, 1.807) is 0 Å². The standard InChI is InChI=1S/C16H21N3O/c1-11-8-12(19(3)18-11)9-15(17-2)14-10-20-16-7-5-4-6-13(14)16/h4-8,14-15,17H,9-10H2,1-3H3. The van der Waals surface area contributed by atoms with E-state index >= 15 is 0 Å². The average molecular weight is 271 g/mol. The molecule has 0 bridgehead atoms. The zero-order valence-electron chi connectivity index (χ0n) is 12.3. The second-order valence-corrected chi connectivity index (χ2v) is 5.46. The van der Waals surface area contributed by atoms with Gasteiger partial charge in [0.25, 0.3) is 0 Å². The zero-order valence-corrected chi connectivity index (χ0v) is 12.3. The Morgan fingerprint density at radius 2 is 2.25 bits per heavy atom. The van der Waals surface area contributed by atoms with Crippen LogP contribution < -0.4 is 10.1 Å². The van der Waals surface area contributed by atoms with Crippen molar-refractivity contribution < 1.29 is 4.74 Å². The molecular formula is C16H21N3O. The van der Waals surface area contributed by atoms with Crippen LogP contribution in [-0.2, 0) is 13.5 Å². The van der Waals surface area contributed by atoms with E-state index in [-0.39, 0.29) is 0 Å². The van der Waals surface area contributed by atoms with Gasteiger partial charge in [0.2, 0.25) is 0 Å². The number of aryl methyl sites for hydroxylation is 2. The highest BCUT2D eigenvalue weighted by atomic mass is 16.5. The molecule has 1 aromatic carbocycles. The van der Waals surface area contributed by atoms with Crippen LogP contribution in [0.15, 0.2) is 30.3 Å². The van der Waals surface area contributed by atoms with Crippen LogP contribution in [0.3, 0.4) is 0 Å². The summed E-state index contributed by atoms with van der Waals surface area (Å²) in [6.07, 6.45) is 0.955. The first-order valence-corrected chi connectivity index (χ1v) is 7.07. The highest BCUT2D eigenvalue weighted by Crippen LogP contribution is 2.36. The summed E-state index contributed by atoms with van der Waals surface area (Å²) in [6.45, 7) is 2.79. The lowest BCUT2D eigenvalue weighted by Crippen LogP contribution is -2.35. The summed E-state index contributed by atoms with van der Waals surface area (Å²) in [7, 11) is 4.03. The Morgan fingerprint density at radius 1 is 1.45 bits per heavy atom. The molecule has 1 aromatic heterocycles. The van der Waals surface area contributed by atoms with Crippen molar-refractivity contribution in [1.29, 1.82) is 0 Å². The van der Waals surface area contributed by atoms with Gasteiger partial charge in [-0.05, 0) is 26.1 Å². The maximum absolute atomic E-state index is 5.80. The third-order valence-electron chi connectivity index (χ3n) is 4.12. The molecule has 1 N–H and O–H groups in total. The second kappa shape index (κ2) is 5.29. The van der Waals surface area contributed by atoms with E-state index in [0.29, 0.717) is 12.0 Å². The average Bonchev–Trinajstić information content (AvgIpc) is 3.00. The van der Waals surface area contributed by atoms with Gasteiger partial charge in [0.15, 0.2) is 0 Å². The van der Waals surface area contributed by atoms with Crippen molar-refractivity contribution in [3.05, 3.63) is 47.3 Å². The number of nitrogens with zero attached hydrogens (tertiary/aromatic N) is 2. The summed E-state index contributed by atoms with van der Waals surface area (Å²) in [6, 6.07) is 10.9. The minimum absolute atomic E-state index is 0.355. The molecule has 4 heteroatoms. The lowest BCUT2D eigenvalue weighted by Gasteiger charge is -2.22. The number of hydrogen-bond donors (Lipinski definition) is 1. The predicted molar refractivity (Wildman–Crippen MR) is 79.2 cm³/mol. The van der Waals surface area contributed by atoms with Crippen molar-refractivity contribution in [1.82, 2.24) is 15.1 Å². The Kier molecular flexibility index (Phi) is 3.49. The number of ether oxygens (including phenoxy) is 1. The summed E-state index contributed by atoms with van der Waals surface area (Å²) in [5.74, 6) is 1.42. The van der Waals surface area contributed by atoms with Gasteiger partial charge in [0, 0.05) is 36.7 Å². The van der Waals surface area contributed by atoms with Crippen LogP contribution in [-0.4, -0.2) is 29.5 Å². The van der Waals surface area contributed by atoms with Gasteiger partial charge >= 0.3 is 0 Å². The molecule has 1 aliphatic rings. The van der Waals surface area contributed by atoms with Crippen LogP contribution in [0.4, 0.5) is 0 Å². The minimum Gasteiger partial charge on any atom is -0.493 e. The maximum Gasteiger partial charge on any atom is 0.122 e. The summed E-state index contributed by atoms with van der Waals surface area (Å²) < 4.78 is 7.78. The summed E-state index contributed by atoms with van der Waals surface area (Å²) >= 11 is 0. The van der Waals surface area contributed by atoms with Crippen molar-refractivity contribution in [3.8, 4) is 5.75 Å². The predicted octanol–water partition coefficient (Wildman–Crippen LogP) is 2.04. The number of nitrogens with one attached hydrogen (secondary N) is 1. The van der Waals surface area contributed by atoms with Crippen LogP contribution in [0.5, 0.6) is 5.75 Å². The fourth-order valence-corrected chi connectivity index (χ4v) is 3.05. The quantitative estimate of drug-likeness (QED) is 0.925. The van der Waals surface area contributed by atoms with E-state index in [0.717, 1.165) is 24.5 Å². The largest absolute Gasteiger partial charge is 0.493 e. The van der Waals surface area contributed by atoms with Crippen LogP contribution >= 0.6 is 0 Å². The lowest BCUT2D eigenvalue weighted by molar-refractivity contribution is 0.300. The van der Waals surface area contributed by atoms with E-state index in [2.05, 4.69) is 34.7 Å². The molecule has 3 rings (SSSR count). The summed E-state index contributed by atoms with van der Waals surface area (Å²) in [5, 5.41) is 7.88. The molecule has 2 atom stereocenters. The van der Waals surface area contributed by atoms with Gasteiger partial charge < -0.3 is 10.1 Å². The number of fused-ring (bicyclic) bond motifs is 1. The van der Waals surface area contributed by atoms with Gasteiger partial charge in [-0.25, -0.2) is 0 Å². The third-order valence-corrected chi connectivity index (χ3v) is 4.12. The lowest BCUT2D eigenvalue weighted by atomic mass is 9.90. The topological polar surface area (TPSA) is 39.1 Å². The number of hydrogen-bond acceptors (Lipinski definition) is 3. The van der Waals surface area contributed by atoms with Gasteiger partial charge in [-0.2, -0.15) is 5.10 Å². The first-order chi connectivity index (χ1) is 9.69. The molecule has 1 aliphatic heterocycles. The molecule has 20 heavy (non-hydrogen) atoms. The molecule has 0 aliphatic carbocycles. The van der Waals surface area contributed by atoms with Crippen LogP contribution in [0, 0.1) is 6.92 Å². The zero-order chi connectivity index (χ0) is 14.1. The highest BCUT2D eigenvalue weighted by Gasteiger charge is 2.30. The Hall–Kier alpha value is -1.81. The molecule has 2 unspecified atom stereocenters. The Balaban J connectivity index is 1.83. The van der Waals surface area contributed by atoms with E-state index < -0.39 is 0 Å². The number of rotatable bonds is 4. The van der Waals surface area contributed by atoms with Crippen molar-refractivity contribution in [2.75, 3.05) is 13.7 Å². The minimum atomic E-state index is 0.355. The smallest absolute Gasteiger partial charge is 0.122 e. The first kappa shape index (κ1) is 13.2. The van der Waals surface area contributed by atoms with E-state index in [1.165, 1.54) is 11.3 Å². The molecule has 106 valence electrons. The molecule has 0 spiro atoms. The summed E-state index contributed by atoms with van der Waals surface area (Å²) in [5.41, 5.74) is 3.64. The highest BCUT2D eigenvalue weighted by molar-refractivity contribution is 5.40. The molecule has 0 saturated heterocycles. The molecule has 0 amide bonds. The molecule has 2 heterocycles. The fraction of sp³-hybridized carbons (Fsp3) is 0.438. The maximum atomic E-state index is 5.80. The van der Waals surface area contributed by atoms with Crippen LogP contribution in [0.1, 0.15) is 22.9 Å². The first-order valence-electron chi connectivity index (χ1n) is 7.07. The van der Waals surface area contributed by atoms with Crippen LogP contribution in [0.2, 0.25) is 0 Å². The van der Waals surface area contributed by atoms with Gasteiger partial charge in [0.1, 0.15) is 5.75 Å². The molecule has 2 aromatic rings. The Bertz CT molecular complexity index is 606. The fourth-order valence-electron chi connectivity index (χ4n) is 3.05. The molecular weight excluding hydrogens is 250 g/mol. The van der Waals surface area contributed by atoms with Crippen molar-refractivity contribution in [3.63, 3.8) is 0 Å². The van der Waals surface area contributed by atoms with Crippen LogP contribution in [0.25, 0.3) is 0 Å². The Morgan fingerprint density at radius 3 is 2.95 bits per heavy atom. The van der Waals surface area contributed by atoms with Crippen molar-refractivity contribution >= 4 is 0 Å². The molecule has 0 saturated carbocycles. The summed E-state index contributed by atoms with van der Waals surface area (Å²) in [4.78, 5) is 0. The van der Waals surface area contributed by atoms with E-state index in [9.17, 15) is 0 Å². The number of para-hydroxylation sites is 1. The normalized spacial score (nSPS) is 18.6. The number of aromatic nitrogens is 2. The van der Waals surface area contributed by atoms with Gasteiger partial charge in [-0.15, -0.1) is 0 Å².